The SMILES string of the molecule is C#C[C@@]1(O)CC[C@H]2[C@@H]3CCC4=C/C(=N/OCC(=O)N[C@@H](C(=O)N[C@@H](CO)C(=O)O)C(C)C)CC[C@]4(C)[C@H]3CC[C@@]21C. The Morgan fingerprint density at radius 1 is 1.12 bits per heavy atom. The van der Waals surface area contributed by atoms with Crippen molar-refractivity contribution in [3.63, 3.8) is 0 Å². The molecule has 0 unspecified atom stereocenters. The standard InChI is InChI=1S/C31H45N3O7/c1-6-31(40)14-11-23-21-8-7-19-15-20(9-12-29(19,4)22(21)10-13-30(23,31)5)34-41-17-25(36)33-26(18(2)3)27(37)32-24(16-35)28(38)39/h1,15,18,21-24,26,35,40H,7-14,16-17H2,2-5H3,(H,32,37)(H,33,36)(H,38,39)/b34-20+/t21-,22+,23+,24+,26-,29+,30+,31-/m1/s1. The number of carboxylic acid groups (broad SMARTS) is 1. The van der Waals surface area contributed by atoms with Gasteiger partial charge in [0.2, 0.25) is 5.91 Å². The summed E-state index contributed by atoms with van der Waals surface area (Å²) >= 11 is 0. The van der Waals surface area contributed by atoms with E-state index in [1.165, 1.54) is 5.57 Å². The number of carbonyl (C=O) groups excluding carboxylic acids is 2. The molecule has 4 rings (SSSR count). The summed E-state index contributed by atoms with van der Waals surface area (Å²) < 4.78 is 0. The fourth-order valence-corrected chi connectivity index (χ4v) is 8.27. The van der Waals surface area contributed by atoms with Gasteiger partial charge in [0.25, 0.3) is 5.91 Å². The second-order valence-corrected chi connectivity index (χ2v) is 13.2. The Bertz CT molecular complexity index is 1160. The number of terminal acetylenes is 1. The van der Waals surface area contributed by atoms with Gasteiger partial charge in [-0.15, -0.1) is 6.42 Å². The van der Waals surface area contributed by atoms with E-state index < -0.39 is 42.1 Å². The number of aliphatic hydroxyl groups excluding tert-OH is 1. The van der Waals surface area contributed by atoms with Gasteiger partial charge >= 0.3 is 5.97 Å². The lowest BCUT2D eigenvalue weighted by Gasteiger charge is -2.58. The molecule has 0 aliphatic heterocycles. The number of amides is 2. The fourth-order valence-electron chi connectivity index (χ4n) is 8.27. The first-order chi connectivity index (χ1) is 19.3. The molecule has 10 nitrogen and oxygen atoms in total. The lowest BCUT2D eigenvalue weighted by atomic mass is 9.46. The summed E-state index contributed by atoms with van der Waals surface area (Å²) in [5.74, 6) is 1.33. The number of carboxylic acids is 1. The van der Waals surface area contributed by atoms with Crippen LogP contribution in [0.4, 0.5) is 0 Å². The maximum Gasteiger partial charge on any atom is 0.328 e. The number of nitrogens with zero attached hydrogens (tertiary/aromatic N) is 1. The van der Waals surface area contributed by atoms with Gasteiger partial charge in [0.05, 0.1) is 12.3 Å². The number of fused-ring (bicyclic) bond motifs is 5. The maximum atomic E-state index is 12.5. The fraction of sp³-hybridized carbons (Fsp3) is 0.742. The van der Waals surface area contributed by atoms with E-state index in [-0.39, 0.29) is 23.4 Å². The van der Waals surface area contributed by atoms with Crippen LogP contribution in [0.1, 0.15) is 79.1 Å². The van der Waals surface area contributed by atoms with Gasteiger partial charge in [-0.25, -0.2) is 4.79 Å². The van der Waals surface area contributed by atoms with Crippen molar-refractivity contribution in [2.24, 2.45) is 39.7 Å². The highest BCUT2D eigenvalue weighted by Gasteiger charge is 2.63. The van der Waals surface area contributed by atoms with Crippen molar-refractivity contribution in [3.8, 4) is 12.3 Å². The molecule has 226 valence electrons. The zero-order chi connectivity index (χ0) is 30.2. The monoisotopic (exact) mass is 571 g/mol. The van der Waals surface area contributed by atoms with Gasteiger partial charge in [0, 0.05) is 5.41 Å². The van der Waals surface area contributed by atoms with E-state index in [2.05, 4.69) is 41.6 Å². The van der Waals surface area contributed by atoms with Gasteiger partial charge in [-0.2, -0.15) is 0 Å². The molecule has 3 saturated carbocycles. The average molecular weight is 572 g/mol. The first-order valence-corrected chi connectivity index (χ1v) is 14.8. The summed E-state index contributed by atoms with van der Waals surface area (Å²) in [6.07, 6.45) is 15.3. The average Bonchev–Trinajstić information content (AvgIpc) is 3.20. The molecular formula is C31H45N3O7. The van der Waals surface area contributed by atoms with E-state index in [9.17, 15) is 19.5 Å². The molecule has 0 saturated heterocycles. The van der Waals surface area contributed by atoms with Crippen LogP contribution in [0.2, 0.25) is 0 Å². The highest BCUT2D eigenvalue weighted by atomic mass is 16.6. The number of rotatable bonds is 9. The van der Waals surface area contributed by atoms with Crippen LogP contribution in [-0.2, 0) is 19.2 Å². The van der Waals surface area contributed by atoms with E-state index in [1.54, 1.807) is 13.8 Å². The van der Waals surface area contributed by atoms with Crippen LogP contribution in [0, 0.1) is 46.8 Å². The summed E-state index contributed by atoms with van der Waals surface area (Å²) in [6.45, 7) is 6.86. The van der Waals surface area contributed by atoms with Gasteiger partial charge < -0.3 is 30.8 Å². The number of hydrogen-bond acceptors (Lipinski definition) is 7. The molecule has 0 spiro atoms. The van der Waals surface area contributed by atoms with Crippen LogP contribution >= 0.6 is 0 Å². The second kappa shape index (κ2) is 11.8. The first-order valence-electron chi connectivity index (χ1n) is 14.8. The van der Waals surface area contributed by atoms with Crippen molar-refractivity contribution in [2.45, 2.75) is 96.7 Å². The minimum atomic E-state index is -1.45. The van der Waals surface area contributed by atoms with Crippen molar-refractivity contribution in [2.75, 3.05) is 13.2 Å². The number of oxime groups is 1. The Morgan fingerprint density at radius 3 is 2.46 bits per heavy atom. The molecule has 4 aliphatic rings. The Balaban J connectivity index is 1.36. The summed E-state index contributed by atoms with van der Waals surface area (Å²) in [4.78, 5) is 41.5. The molecule has 0 bridgehead atoms. The molecule has 0 aromatic carbocycles. The highest BCUT2D eigenvalue weighted by molar-refractivity contribution is 5.96. The van der Waals surface area contributed by atoms with Crippen molar-refractivity contribution >= 4 is 23.5 Å². The van der Waals surface area contributed by atoms with Gasteiger partial charge in [0.15, 0.2) is 6.61 Å². The molecule has 0 radical (unpaired) electrons. The summed E-state index contributed by atoms with van der Waals surface area (Å²) in [7, 11) is 0. The minimum Gasteiger partial charge on any atom is -0.480 e. The molecule has 2 amide bonds. The summed E-state index contributed by atoms with van der Waals surface area (Å²) in [5.41, 5.74) is 1.01. The van der Waals surface area contributed by atoms with E-state index in [4.69, 9.17) is 21.5 Å². The Morgan fingerprint density at radius 2 is 1.83 bits per heavy atom. The number of carbonyl (C=O) groups is 3. The van der Waals surface area contributed by atoms with Crippen LogP contribution in [0.15, 0.2) is 16.8 Å². The molecule has 10 heteroatoms. The van der Waals surface area contributed by atoms with Crippen molar-refractivity contribution in [1.82, 2.24) is 10.6 Å². The molecule has 4 aliphatic carbocycles. The predicted molar refractivity (Wildman–Crippen MR) is 152 cm³/mol. The number of aliphatic hydroxyl groups is 2. The van der Waals surface area contributed by atoms with Crippen molar-refractivity contribution in [3.05, 3.63) is 11.6 Å². The molecule has 8 atom stereocenters. The quantitative estimate of drug-likeness (QED) is 0.210. The first kappa shape index (κ1) is 31.0. The summed E-state index contributed by atoms with van der Waals surface area (Å²) in [6, 6.07) is -2.44. The van der Waals surface area contributed by atoms with Gasteiger partial charge in [-0.3, -0.25) is 9.59 Å². The lowest BCUT2D eigenvalue weighted by Crippen LogP contribution is -2.55. The van der Waals surface area contributed by atoms with Crippen LogP contribution in [0.25, 0.3) is 0 Å². The lowest BCUT2D eigenvalue weighted by molar-refractivity contribution is -0.143. The Kier molecular flexibility index (Phi) is 8.91. The van der Waals surface area contributed by atoms with Crippen molar-refractivity contribution < 1.29 is 34.5 Å². The number of aliphatic carboxylic acids is 1. The topological polar surface area (TPSA) is 158 Å². The molecule has 41 heavy (non-hydrogen) atoms. The Hall–Kier alpha value is -2.90. The highest BCUT2D eigenvalue weighted by Crippen LogP contribution is 2.67. The molecular weight excluding hydrogens is 526 g/mol. The van der Waals surface area contributed by atoms with Gasteiger partial charge in [0.1, 0.15) is 17.7 Å². The van der Waals surface area contributed by atoms with E-state index in [0.29, 0.717) is 24.2 Å². The largest absolute Gasteiger partial charge is 0.480 e. The molecule has 0 aromatic heterocycles. The van der Waals surface area contributed by atoms with Crippen LogP contribution in [0.3, 0.4) is 0 Å². The third kappa shape index (κ3) is 5.63. The number of hydrogen-bond donors (Lipinski definition) is 5. The molecule has 5 N–H and O–H groups in total. The summed E-state index contributed by atoms with van der Waals surface area (Å²) in [5, 5.41) is 38.5. The Labute approximate surface area is 242 Å². The van der Waals surface area contributed by atoms with E-state index in [0.717, 1.165) is 50.7 Å². The number of nitrogens with one attached hydrogen (secondary N) is 2. The van der Waals surface area contributed by atoms with Gasteiger partial charge in [-0.1, -0.05) is 44.3 Å². The molecule has 0 heterocycles. The normalized spacial score (nSPS) is 36.6. The van der Waals surface area contributed by atoms with Crippen LogP contribution in [-0.4, -0.2) is 69.7 Å². The van der Waals surface area contributed by atoms with Crippen molar-refractivity contribution in [1.29, 1.82) is 0 Å². The molecule has 0 aromatic rings. The molecule has 3 fully saturated rings. The van der Waals surface area contributed by atoms with E-state index in [1.807, 2.05) is 0 Å². The second-order valence-electron chi connectivity index (χ2n) is 13.2. The van der Waals surface area contributed by atoms with Gasteiger partial charge in [-0.05, 0) is 86.5 Å². The predicted octanol–water partition coefficient (Wildman–Crippen LogP) is 2.39. The third-order valence-corrected chi connectivity index (χ3v) is 10.8. The zero-order valence-electron chi connectivity index (χ0n) is 24.6. The smallest absolute Gasteiger partial charge is 0.328 e. The van der Waals surface area contributed by atoms with E-state index >= 15 is 0 Å². The third-order valence-electron chi connectivity index (χ3n) is 10.8. The number of allylic oxidation sites excluding steroid dienone is 2. The zero-order valence-corrected chi connectivity index (χ0v) is 24.6. The van der Waals surface area contributed by atoms with Crippen LogP contribution in [0.5, 0.6) is 0 Å². The van der Waals surface area contributed by atoms with Crippen LogP contribution < -0.4 is 10.6 Å². The minimum absolute atomic E-state index is 0.0672. The maximum absolute atomic E-state index is 12.5.